The normalized spacial score (nSPS) is 15.2. The van der Waals surface area contributed by atoms with Crippen molar-refractivity contribution in [1.82, 2.24) is 4.90 Å². The molecule has 2 aromatic rings. The van der Waals surface area contributed by atoms with Gasteiger partial charge in [-0.1, -0.05) is 30.3 Å². The number of hydrogen-bond donors (Lipinski definition) is 1. The third kappa shape index (κ3) is 4.42. The first-order valence-corrected chi connectivity index (χ1v) is 9.06. The number of ether oxygens (including phenoxy) is 1. The van der Waals surface area contributed by atoms with Crippen molar-refractivity contribution >= 4 is 17.5 Å². The minimum absolute atomic E-state index is 0.0303. The molecule has 1 aliphatic heterocycles. The Hall–Kier alpha value is -2.82. The second-order valence-electron chi connectivity index (χ2n) is 6.46. The number of nitrogens with zero attached hydrogens (tertiary/aromatic N) is 1. The van der Waals surface area contributed by atoms with Crippen molar-refractivity contribution in [3.63, 3.8) is 0 Å². The summed E-state index contributed by atoms with van der Waals surface area (Å²) < 4.78 is 5.66. The van der Waals surface area contributed by atoms with Crippen LogP contribution in [0.5, 0.6) is 5.75 Å². The van der Waals surface area contributed by atoms with Crippen LogP contribution in [0.25, 0.3) is 0 Å². The molecule has 0 bridgehead atoms. The van der Waals surface area contributed by atoms with Gasteiger partial charge in [0.1, 0.15) is 5.75 Å². The molecular formula is C21H24N2O3. The summed E-state index contributed by atoms with van der Waals surface area (Å²) in [5.41, 5.74) is 1.05. The van der Waals surface area contributed by atoms with E-state index in [-0.39, 0.29) is 11.8 Å². The van der Waals surface area contributed by atoms with E-state index in [0.29, 0.717) is 17.0 Å². The van der Waals surface area contributed by atoms with Crippen molar-refractivity contribution in [2.75, 3.05) is 18.4 Å². The van der Waals surface area contributed by atoms with Gasteiger partial charge in [-0.05, 0) is 50.5 Å². The van der Waals surface area contributed by atoms with Crippen LogP contribution in [0.15, 0.2) is 54.6 Å². The standard InChI is InChI=1S/C21H24N2O3/c1-16(26-17-10-4-2-5-11-17)20(24)22-19-13-7-6-12-18(19)21(25)23-14-8-3-9-15-23/h2,4-7,10-13,16H,3,8-9,14-15H2,1H3,(H,22,24)/t16-/m1/s1. The molecule has 0 aliphatic carbocycles. The SMILES string of the molecule is C[C@@H](Oc1ccccc1)C(=O)Nc1ccccc1C(=O)N1CCCCC1. The molecule has 1 saturated heterocycles. The highest BCUT2D eigenvalue weighted by molar-refractivity contribution is 6.04. The predicted octanol–water partition coefficient (Wildman–Crippen LogP) is 3.72. The van der Waals surface area contributed by atoms with Crippen LogP contribution < -0.4 is 10.1 Å². The summed E-state index contributed by atoms with van der Waals surface area (Å²) in [5.74, 6) is 0.317. The summed E-state index contributed by atoms with van der Waals surface area (Å²) in [7, 11) is 0. The third-order valence-corrected chi connectivity index (χ3v) is 4.48. The predicted molar refractivity (Wildman–Crippen MR) is 101 cm³/mol. The van der Waals surface area contributed by atoms with E-state index in [2.05, 4.69) is 5.32 Å². The fourth-order valence-electron chi connectivity index (χ4n) is 3.04. The Labute approximate surface area is 154 Å². The molecule has 5 nitrogen and oxygen atoms in total. The Bertz CT molecular complexity index is 755. The zero-order valence-corrected chi connectivity index (χ0v) is 15.0. The minimum atomic E-state index is -0.671. The Morgan fingerprint density at radius 1 is 0.962 bits per heavy atom. The molecular weight excluding hydrogens is 328 g/mol. The first-order chi connectivity index (χ1) is 12.6. The summed E-state index contributed by atoms with van der Waals surface area (Å²) in [6, 6.07) is 16.3. The lowest BCUT2D eigenvalue weighted by atomic mass is 10.1. The number of benzene rings is 2. The van der Waals surface area contributed by atoms with Crippen LogP contribution in [0.3, 0.4) is 0 Å². The summed E-state index contributed by atoms with van der Waals surface area (Å²) >= 11 is 0. The Morgan fingerprint density at radius 2 is 1.62 bits per heavy atom. The van der Waals surface area contributed by atoms with E-state index in [1.54, 1.807) is 31.2 Å². The van der Waals surface area contributed by atoms with Crippen molar-refractivity contribution in [1.29, 1.82) is 0 Å². The van der Waals surface area contributed by atoms with Gasteiger partial charge in [-0.2, -0.15) is 0 Å². The number of carbonyl (C=O) groups excluding carboxylic acids is 2. The Kier molecular flexibility index (Phi) is 5.89. The fraction of sp³-hybridized carbons (Fsp3) is 0.333. The van der Waals surface area contributed by atoms with Crippen molar-refractivity contribution in [2.45, 2.75) is 32.3 Å². The number of amides is 2. The van der Waals surface area contributed by atoms with E-state index in [1.807, 2.05) is 35.2 Å². The van der Waals surface area contributed by atoms with Crippen molar-refractivity contribution < 1.29 is 14.3 Å². The molecule has 1 aliphatic rings. The van der Waals surface area contributed by atoms with Gasteiger partial charge in [0.25, 0.3) is 11.8 Å². The molecule has 136 valence electrons. The van der Waals surface area contributed by atoms with Crippen LogP contribution in [0, 0.1) is 0 Å². The number of rotatable bonds is 5. The average Bonchev–Trinajstić information content (AvgIpc) is 2.69. The van der Waals surface area contributed by atoms with Crippen LogP contribution in [-0.4, -0.2) is 35.9 Å². The van der Waals surface area contributed by atoms with Gasteiger partial charge in [0.15, 0.2) is 6.10 Å². The van der Waals surface area contributed by atoms with Crippen LogP contribution in [0.2, 0.25) is 0 Å². The molecule has 3 rings (SSSR count). The van der Waals surface area contributed by atoms with Gasteiger partial charge in [-0.3, -0.25) is 9.59 Å². The molecule has 2 amide bonds. The largest absolute Gasteiger partial charge is 0.481 e. The molecule has 1 heterocycles. The van der Waals surface area contributed by atoms with Gasteiger partial charge < -0.3 is 15.0 Å². The Balaban J connectivity index is 1.69. The van der Waals surface area contributed by atoms with E-state index in [4.69, 9.17) is 4.74 Å². The van der Waals surface area contributed by atoms with Crippen molar-refractivity contribution in [3.8, 4) is 5.75 Å². The van der Waals surface area contributed by atoms with E-state index < -0.39 is 6.10 Å². The molecule has 0 saturated carbocycles. The van der Waals surface area contributed by atoms with E-state index in [0.717, 1.165) is 32.4 Å². The second-order valence-corrected chi connectivity index (χ2v) is 6.46. The summed E-state index contributed by atoms with van der Waals surface area (Å²) in [6.07, 6.45) is 2.55. The zero-order valence-electron chi connectivity index (χ0n) is 15.0. The van der Waals surface area contributed by atoms with E-state index in [1.165, 1.54) is 0 Å². The first kappa shape index (κ1) is 18.0. The molecule has 1 atom stereocenters. The van der Waals surface area contributed by atoms with Gasteiger partial charge in [0.05, 0.1) is 11.3 Å². The van der Waals surface area contributed by atoms with Crippen LogP contribution in [0.4, 0.5) is 5.69 Å². The lowest BCUT2D eigenvalue weighted by molar-refractivity contribution is -0.122. The van der Waals surface area contributed by atoms with Gasteiger partial charge in [-0.15, -0.1) is 0 Å². The quantitative estimate of drug-likeness (QED) is 0.892. The molecule has 0 radical (unpaired) electrons. The van der Waals surface area contributed by atoms with Crippen LogP contribution >= 0.6 is 0 Å². The number of carbonyl (C=O) groups is 2. The Morgan fingerprint density at radius 3 is 2.35 bits per heavy atom. The molecule has 0 aromatic heterocycles. The highest BCUT2D eigenvalue weighted by atomic mass is 16.5. The summed E-state index contributed by atoms with van der Waals surface area (Å²) in [6.45, 7) is 3.24. The highest BCUT2D eigenvalue weighted by Gasteiger charge is 2.22. The summed E-state index contributed by atoms with van der Waals surface area (Å²) in [5, 5.41) is 2.84. The maximum atomic E-state index is 12.8. The lowest BCUT2D eigenvalue weighted by Crippen LogP contribution is -2.36. The van der Waals surface area contributed by atoms with Gasteiger partial charge in [-0.25, -0.2) is 0 Å². The topological polar surface area (TPSA) is 58.6 Å². The van der Waals surface area contributed by atoms with E-state index >= 15 is 0 Å². The van der Waals surface area contributed by atoms with Gasteiger partial charge in [0, 0.05) is 13.1 Å². The lowest BCUT2D eigenvalue weighted by Gasteiger charge is -2.27. The number of piperidine rings is 1. The van der Waals surface area contributed by atoms with E-state index in [9.17, 15) is 9.59 Å². The van der Waals surface area contributed by atoms with Gasteiger partial charge in [0.2, 0.25) is 0 Å². The fourth-order valence-corrected chi connectivity index (χ4v) is 3.04. The maximum absolute atomic E-state index is 12.8. The third-order valence-electron chi connectivity index (χ3n) is 4.48. The second kappa shape index (κ2) is 8.52. The molecule has 0 unspecified atom stereocenters. The van der Waals surface area contributed by atoms with Gasteiger partial charge >= 0.3 is 0 Å². The van der Waals surface area contributed by atoms with Crippen molar-refractivity contribution in [3.05, 3.63) is 60.2 Å². The molecule has 26 heavy (non-hydrogen) atoms. The van der Waals surface area contributed by atoms with Crippen LogP contribution in [0.1, 0.15) is 36.5 Å². The molecule has 5 heteroatoms. The molecule has 2 aromatic carbocycles. The maximum Gasteiger partial charge on any atom is 0.265 e. The average molecular weight is 352 g/mol. The number of para-hydroxylation sites is 2. The molecule has 1 fully saturated rings. The minimum Gasteiger partial charge on any atom is -0.481 e. The number of hydrogen-bond acceptors (Lipinski definition) is 3. The molecule has 1 N–H and O–H groups in total. The van der Waals surface area contributed by atoms with Crippen molar-refractivity contribution in [2.24, 2.45) is 0 Å². The zero-order chi connectivity index (χ0) is 18.4. The number of likely N-dealkylation sites (tertiary alicyclic amines) is 1. The number of anilines is 1. The summed E-state index contributed by atoms with van der Waals surface area (Å²) in [4.78, 5) is 27.2. The first-order valence-electron chi connectivity index (χ1n) is 9.06. The van der Waals surface area contributed by atoms with Crippen LogP contribution in [-0.2, 0) is 4.79 Å². The number of nitrogens with one attached hydrogen (secondary N) is 1. The smallest absolute Gasteiger partial charge is 0.265 e. The monoisotopic (exact) mass is 352 g/mol. The highest BCUT2D eigenvalue weighted by Crippen LogP contribution is 2.21. The molecule has 0 spiro atoms.